The number of ether oxygens (including phenoxy) is 1. The first-order valence-corrected chi connectivity index (χ1v) is 2.79. The first-order chi connectivity index (χ1) is 4.63. The minimum atomic E-state index is -0.841. The van der Waals surface area contributed by atoms with Gasteiger partial charge in [0.05, 0.1) is 7.11 Å². The average molecular weight is 146 g/mol. The van der Waals surface area contributed by atoms with Crippen molar-refractivity contribution in [2.45, 2.75) is 13.3 Å². The molecule has 0 saturated heterocycles. The van der Waals surface area contributed by atoms with E-state index in [-0.39, 0.29) is 6.42 Å². The molecule has 0 saturated carbocycles. The highest BCUT2D eigenvalue weighted by Gasteiger charge is 2.14. The number of hydrazine groups is 1. The molecule has 0 spiro atoms. The Labute approximate surface area is 58.7 Å². The van der Waals surface area contributed by atoms with Crippen LogP contribution in [0.25, 0.3) is 0 Å². The summed E-state index contributed by atoms with van der Waals surface area (Å²) in [6, 6.07) is 0. The first kappa shape index (κ1) is 8.90. The number of amides is 2. The fourth-order valence-corrected chi connectivity index (χ4v) is 0.371. The number of nitrogens with zero attached hydrogens (tertiary/aromatic N) is 1. The summed E-state index contributed by atoms with van der Waals surface area (Å²) in [5.74, 6) is 4.53. The molecule has 0 fully saturated rings. The van der Waals surface area contributed by atoms with Crippen LogP contribution < -0.4 is 5.84 Å². The van der Waals surface area contributed by atoms with Gasteiger partial charge in [-0.05, 0) is 0 Å². The number of hydrogen-bond acceptors (Lipinski definition) is 4. The Hall–Kier alpha value is -1.10. The molecule has 0 bridgehead atoms. The van der Waals surface area contributed by atoms with Gasteiger partial charge in [0.25, 0.3) is 0 Å². The molecule has 10 heavy (non-hydrogen) atoms. The van der Waals surface area contributed by atoms with Crippen LogP contribution in [0.3, 0.4) is 0 Å². The highest BCUT2D eigenvalue weighted by Crippen LogP contribution is 1.88. The monoisotopic (exact) mass is 146 g/mol. The van der Waals surface area contributed by atoms with Gasteiger partial charge in [0.1, 0.15) is 0 Å². The van der Waals surface area contributed by atoms with Crippen LogP contribution in [-0.4, -0.2) is 24.1 Å². The maximum atomic E-state index is 10.6. The minimum absolute atomic E-state index is 0.186. The van der Waals surface area contributed by atoms with E-state index < -0.39 is 12.0 Å². The fraction of sp³-hybridized carbons (Fsp3) is 0.600. The molecule has 0 aliphatic heterocycles. The Morgan fingerprint density at radius 1 is 1.60 bits per heavy atom. The Kier molecular flexibility index (Phi) is 3.42. The maximum Gasteiger partial charge on any atom is 0.431 e. The number of methoxy groups -OCH3 is 1. The zero-order chi connectivity index (χ0) is 8.15. The van der Waals surface area contributed by atoms with Crippen LogP contribution in [0.5, 0.6) is 0 Å². The second-order valence-electron chi connectivity index (χ2n) is 1.59. The van der Waals surface area contributed by atoms with Gasteiger partial charge in [-0.15, -0.1) is 0 Å². The van der Waals surface area contributed by atoms with E-state index in [0.717, 1.165) is 7.11 Å². The number of carbonyl (C=O) groups excluding carboxylic acids is 2. The van der Waals surface area contributed by atoms with Crippen LogP contribution in [0, 0.1) is 0 Å². The third-order valence-corrected chi connectivity index (χ3v) is 0.942. The number of imide groups is 1. The van der Waals surface area contributed by atoms with Crippen LogP contribution in [0.2, 0.25) is 0 Å². The second-order valence-corrected chi connectivity index (χ2v) is 1.59. The van der Waals surface area contributed by atoms with Crippen molar-refractivity contribution >= 4 is 12.0 Å². The smallest absolute Gasteiger partial charge is 0.431 e. The van der Waals surface area contributed by atoms with Crippen molar-refractivity contribution in [1.82, 2.24) is 5.01 Å². The zero-order valence-corrected chi connectivity index (χ0v) is 5.96. The molecule has 0 heterocycles. The SMILES string of the molecule is CCC(=O)N(N)C(=O)OC. The molecular weight excluding hydrogens is 136 g/mol. The van der Waals surface area contributed by atoms with Crippen molar-refractivity contribution < 1.29 is 14.3 Å². The molecule has 0 aromatic rings. The summed E-state index contributed by atoms with van der Waals surface area (Å²) in [4.78, 5) is 21.1. The number of rotatable bonds is 1. The Bertz CT molecular complexity index is 130. The largest absolute Gasteiger partial charge is 0.451 e. The molecule has 5 heteroatoms. The van der Waals surface area contributed by atoms with Crippen LogP contribution >= 0.6 is 0 Å². The van der Waals surface area contributed by atoms with E-state index in [2.05, 4.69) is 4.74 Å². The van der Waals surface area contributed by atoms with E-state index in [9.17, 15) is 9.59 Å². The predicted octanol–water partition coefficient (Wildman–Crippen LogP) is -0.135. The Morgan fingerprint density at radius 3 is 2.40 bits per heavy atom. The van der Waals surface area contributed by atoms with Crippen molar-refractivity contribution in [3.05, 3.63) is 0 Å². The van der Waals surface area contributed by atoms with Crippen LogP contribution in [0.4, 0.5) is 4.79 Å². The molecule has 0 unspecified atom stereocenters. The van der Waals surface area contributed by atoms with Crippen molar-refractivity contribution in [3.63, 3.8) is 0 Å². The molecule has 0 aromatic carbocycles. The number of carbonyl (C=O) groups is 2. The Balaban J connectivity index is 3.94. The average Bonchev–Trinajstić information content (AvgIpc) is 2.00. The Morgan fingerprint density at radius 2 is 2.10 bits per heavy atom. The van der Waals surface area contributed by atoms with Crippen LogP contribution in [0.15, 0.2) is 0 Å². The molecule has 2 amide bonds. The first-order valence-electron chi connectivity index (χ1n) is 2.79. The molecular formula is C5H10N2O3. The molecule has 0 aliphatic rings. The maximum absolute atomic E-state index is 10.6. The van der Waals surface area contributed by atoms with Crippen molar-refractivity contribution in [2.75, 3.05) is 7.11 Å². The van der Waals surface area contributed by atoms with Crippen molar-refractivity contribution in [3.8, 4) is 0 Å². The highest BCUT2D eigenvalue weighted by atomic mass is 16.5. The van der Waals surface area contributed by atoms with E-state index in [0.29, 0.717) is 5.01 Å². The zero-order valence-electron chi connectivity index (χ0n) is 5.96. The van der Waals surface area contributed by atoms with Crippen molar-refractivity contribution in [1.29, 1.82) is 0 Å². The van der Waals surface area contributed by atoms with Gasteiger partial charge >= 0.3 is 6.09 Å². The summed E-state index contributed by atoms with van der Waals surface area (Å²) in [5, 5.41) is 0.444. The van der Waals surface area contributed by atoms with Gasteiger partial charge < -0.3 is 4.74 Å². The van der Waals surface area contributed by atoms with Gasteiger partial charge in [-0.25, -0.2) is 10.6 Å². The van der Waals surface area contributed by atoms with Gasteiger partial charge in [0.2, 0.25) is 5.91 Å². The van der Waals surface area contributed by atoms with Crippen molar-refractivity contribution in [2.24, 2.45) is 5.84 Å². The lowest BCUT2D eigenvalue weighted by Gasteiger charge is -2.10. The predicted molar refractivity (Wildman–Crippen MR) is 33.7 cm³/mol. The normalized spacial score (nSPS) is 8.70. The van der Waals surface area contributed by atoms with Gasteiger partial charge in [0, 0.05) is 6.42 Å². The topological polar surface area (TPSA) is 72.6 Å². The summed E-state index contributed by atoms with van der Waals surface area (Å²) in [6.07, 6.45) is -0.655. The number of hydrogen-bond donors (Lipinski definition) is 1. The molecule has 0 rings (SSSR count). The van der Waals surface area contributed by atoms with Crippen LogP contribution in [-0.2, 0) is 9.53 Å². The van der Waals surface area contributed by atoms with E-state index in [1.54, 1.807) is 6.92 Å². The van der Waals surface area contributed by atoms with Gasteiger partial charge in [-0.2, -0.15) is 5.01 Å². The molecule has 0 aromatic heterocycles. The van der Waals surface area contributed by atoms with Gasteiger partial charge in [0.15, 0.2) is 0 Å². The lowest BCUT2D eigenvalue weighted by atomic mass is 10.4. The summed E-state index contributed by atoms with van der Waals surface area (Å²) < 4.78 is 4.18. The standard InChI is InChI=1S/C5H10N2O3/c1-3-4(8)7(6)5(9)10-2/h3,6H2,1-2H3. The second kappa shape index (κ2) is 3.84. The summed E-state index contributed by atoms with van der Waals surface area (Å²) in [6.45, 7) is 1.60. The fourth-order valence-electron chi connectivity index (χ4n) is 0.371. The highest BCUT2D eigenvalue weighted by molar-refractivity contribution is 5.90. The molecule has 58 valence electrons. The van der Waals surface area contributed by atoms with E-state index in [1.807, 2.05) is 0 Å². The van der Waals surface area contributed by atoms with Crippen LogP contribution in [0.1, 0.15) is 13.3 Å². The quantitative estimate of drug-likeness (QED) is 0.317. The lowest BCUT2D eigenvalue weighted by Crippen LogP contribution is -2.42. The summed E-state index contributed by atoms with van der Waals surface area (Å²) in [5.41, 5.74) is 0. The summed E-state index contributed by atoms with van der Waals surface area (Å²) in [7, 11) is 1.16. The number of nitrogens with two attached hydrogens (primary N) is 1. The molecule has 0 atom stereocenters. The van der Waals surface area contributed by atoms with E-state index >= 15 is 0 Å². The molecule has 0 aliphatic carbocycles. The minimum Gasteiger partial charge on any atom is -0.451 e. The lowest BCUT2D eigenvalue weighted by molar-refractivity contribution is -0.129. The molecule has 0 radical (unpaired) electrons. The molecule has 5 nitrogen and oxygen atoms in total. The third-order valence-electron chi connectivity index (χ3n) is 0.942. The van der Waals surface area contributed by atoms with E-state index in [1.165, 1.54) is 0 Å². The molecule has 2 N–H and O–H groups in total. The summed E-state index contributed by atoms with van der Waals surface area (Å²) >= 11 is 0. The van der Waals surface area contributed by atoms with Gasteiger partial charge in [-0.1, -0.05) is 6.92 Å². The third kappa shape index (κ3) is 2.02. The van der Waals surface area contributed by atoms with E-state index in [4.69, 9.17) is 5.84 Å². The van der Waals surface area contributed by atoms with Gasteiger partial charge in [-0.3, -0.25) is 4.79 Å².